The Balaban J connectivity index is 2.14. The summed E-state index contributed by atoms with van der Waals surface area (Å²) >= 11 is 5.78. The first-order chi connectivity index (χ1) is 3.30. The van der Waals surface area contributed by atoms with Crippen LogP contribution < -0.4 is 0 Å². The van der Waals surface area contributed by atoms with Crippen molar-refractivity contribution in [2.75, 3.05) is 0 Å². The fourth-order valence-corrected chi connectivity index (χ4v) is 1.15. The maximum atomic E-state index is 5.78. The third kappa shape index (κ3) is 1.09. The normalized spacial score (nSPS) is 26.6. The molecule has 0 aromatic rings. The zero-order valence-electron chi connectivity index (χ0n) is 4.65. The van der Waals surface area contributed by atoms with Crippen molar-refractivity contribution in [1.29, 1.82) is 0 Å². The van der Waals surface area contributed by atoms with Crippen LogP contribution in [0.25, 0.3) is 0 Å². The van der Waals surface area contributed by atoms with Gasteiger partial charge in [-0.1, -0.05) is 6.42 Å². The standard InChI is InChI=1S/C6H11Cl/c1-5(7)6-3-2-4-6/h5-6H,2-4H2,1H3. The van der Waals surface area contributed by atoms with Gasteiger partial charge in [-0.05, 0) is 25.7 Å². The zero-order chi connectivity index (χ0) is 5.28. The molecule has 0 N–H and O–H groups in total. The average Bonchev–Trinajstić information content (AvgIpc) is 1.23. The van der Waals surface area contributed by atoms with Gasteiger partial charge in [0.2, 0.25) is 0 Å². The average molecular weight is 119 g/mol. The molecule has 42 valence electrons. The Hall–Kier alpha value is 0.290. The van der Waals surface area contributed by atoms with Crippen LogP contribution in [0, 0.1) is 5.92 Å². The zero-order valence-corrected chi connectivity index (χ0v) is 5.41. The van der Waals surface area contributed by atoms with Crippen LogP contribution in [0.1, 0.15) is 26.2 Å². The largest absolute Gasteiger partial charge is 0.123 e. The molecular weight excluding hydrogens is 108 g/mol. The molecule has 0 spiro atoms. The van der Waals surface area contributed by atoms with E-state index in [-0.39, 0.29) is 0 Å². The summed E-state index contributed by atoms with van der Waals surface area (Å²) in [4.78, 5) is 0. The number of halogens is 1. The summed E-state index contributed by atoms with van der Waals surface area (Å²) in [6.07, 6.45) is 4.14. The predicted molar refractivity (Wildman–Crippen MR) is 32.7 cm³/mol. The topological polar surface area (TPSA) is 0 Å². The Labute approximate surface area is 49.9 Å². The highest BCUT2D eigenvalue weighted by molar-refractivity contribution is 6.20. The van der Waals surface area contributed by atoms with Gasteiger partial charge in [-0.3, -0.25) is 0 Å². The molecular formula is C6H11Cl. The third-order valence-electron chi connectivity index (χ3n) is 1.80. The van der Waals surface area contributed by atoms with Crippen molar-refractivity contribution in [1.82, 2.24) is 0 Å². The molecule has 0 saturated heterocycles. The lowest BCUT2D eigenvalue weighted by Gasteiger charge is -2.27. The molecule has 1 rings (SSSR count). The van der Waals surface area contributed by atoms with E-state index in [1.165, 1.54) is 19.3 Å². The van der Waals surface area contributed by atoms with Crippen molar-refractivity contribution < 1.29 is 0 Å². The van der Waals surface area contributed by atoms with Gasteiger partial charge in [0.05, 0.1) is 0 Å². The minimum absolute atomic E-state index is 0.425. The van der Waals surface area contributed by atoms with Crippen molar-refractivity contribution >= 4 is 11.6 Å². The van der Waals surface area contributed by atoms with E-state index in [1.54, 1.807) is 0 Å². The molecule has 0 nitrogen and oxygen atoms in total. The fourth-order valence-electron chi connectivity index (χ4n) is 0.899. The summed E-state index contributed by atoms with van der Waals surface area (Å²) in [6.45, 7) is 2.09. The van der Waals surface area contributed by atoms with Crippen molar-refractivity contribution in [3.05, 3.63) is 0 Å². The van der Waals surface area contributed by atoms with Crippen LogP contribution in [0.4, 0.5) is 0 Å². The minimum Gasteiger partial charge on any atom is -0.123 e. The monoisotopic (exact) mass is 118 g/mol. The van der Waals surface area contributed by atoms with E-state index in [1.807, 2.05) is 0 Å². The lowest BCUT2D eigenvalue weighted by Crippen LogP contribution is -2.19. The van der Waals surface area contributed by atoms with Crippen molar-refractivity contribution in [3.8, 4) is 0 Å². The van der Waals surface area contributed by atoms with Crippen molar-refractivity contribution in [2.45, 2.75) is 31.6 Å². The Bertz CT molecular complexity index is 55.2. The maximum Gasteiger partial charge on any atom is 0.0336 e. The summed E-state index contributed by atoms with van der Waals surface area (Å²) in [7, 11) is 0. The molecule has 0 aromatic carbocycles. The van der Waals surface area contributed by atoms with Crippen molar-refractivity contribution in [2.24, 2.45) is 5.92 Å². The second-order valence-electron chi connectivity index (χ2n) is 2.37. The van der Waals surface area contributed by atoms with Crippen LogP contribution in [0.3, 0.4) is 0 Å². The first-order valence-electron chi connectivity index (χ1n) is 2.95. The smallest absolute Gasteiger partial charge is 0.0336 e. The van der Waals surface area contributed by atoms with Gasteiger partial charge in [0.15, 0.2) is 0 Å². The van der Waals surface area contributed by atoms with Gasteiger partial charge in [0.1, 0.15) is 0 Å². The first kappa shape index (κ1) is 5.43. The Morgan fingerprint density at radius 1 is 1.57 bits per heavy atom. The molecule has 1 heteroatoms. The summed E-state index contributed by atoms with van der Waals surface area (Å²) < 4.78 is 0. The van der Waals surface area contributed by atoms with Gasteiger partial charge in [-0.2, -0.15) is 0 Å². The molecule has 1 unspecified atom stereocenters. The third-order valence-corrected chi connectivity index (χ3v) is 2.16. The van der Waals surface area contributed by atoms with Gasteiger partial charge in [0, 0.05) is 5.38 Å². The highest BCUT2D eigenvalue weighted by Crippen LogP contribution is 2.31. The van der Waals surface area contributed by atoms with Crippen LogP contribution in [0.15, 0.2) is 0 Å². The molecule has 0 heterocycles. The summed E-state index contributed by atoms with van der Waals surface area (Å²) in [5, 5.41) is 0.425. The van der Waals surface area contributed by atoms with Gasteiger partial charge in [0.25, 0.3) is 0 Å². The summed E-state index contributed by atoms with van der Waals surface area (Å²) in [5.41, 5.74) is 0. The number of rotatable bonds is 1. The molecule has 1 atom stereocenters. The maximum absolute atomic E-state index is 5.78. The van der Waals surface area contributed by atoms with Crippen molar-refractivity contribution in [3.63, 3.8) is 0 Å². The Kier molecular flexibility index (Phi) is 1.58. The van der Waals surface area contributed by atoms with E-state index in [9.17, 15) is 0 Å². The SMILES string of the molecule is CC(Cl)C1CCC1. The van der Waals surface area contributed by atoms with E-state index in [0.29, 0.717) is 5.38 Å². The van der Waals surface area contributed by atoms with Crippen LogP contribution in [-0.4, -0.2) is 5.38 Å². The summed E-state index contributed by atoms with van der Waals surface area (Å²) in [6, 6.07) is 0. The van der Waals surface area contributed by atoms with Gasteiger partial charge >= 0.3 is 0 Å². The number of hydrogen-bond acceptors (Lipinski definition) is 0. The Morgan fingerprint density at radius 3 is 2.14 bits per heavy atom. The molecule has 0 aliphatic heterocycles. The van der Waals surface area contributed by atoms with Crippen LogP contribution in [-0.2, 0) is 0 Å². The molecule has 7 heavy (non-hydrogen) atoms. The van der Waals surface area contributed by atoms with Gasteiger partial charge in [-0.15, -0.1) is 11.6 Å². The highest BCUT2D eigenvalue weighted by atomic mass is 35.5. The van der Waals surface area contributed by atoms with Gasteiger partial charge < -0.3 is 0 Å². The molecule has 1 fully saturated rings. The lowest BCUT2D eigenvalue weighted by atomic mass is 9.83. The van der Waals surface area contributed by atoms with E-state index in [2.05, 4.69) is 6.92 Å². The Morgan fingerprint density at radius 2 is 2.14 bits per heavy atom. The predicted octanol–water partition coefficient (Wildman–Crippen LogP) is 2.41. The molecule has 0 amide bonds. The summed E-state index contributed by atoms with van der Waals surface area (Å²) in [5.74, 6) is 0.849. The van der Waals surface area contributed by atoms with E-state index in [4.69, 9.17) is 11.6 Å². The first-order valence-corrected chi connectivity index (χ1v) is 3.38. The molecule has 0 radical (unpaired) electrons. The molecule has 0 bridgehead atoms. The van der Waals surface area contributed by atoms with E-state index < -0.39 is 0 Å². The number of hydrogen-bond donors (Lipinski definition) is 0. The van der Waals surface area contributed by atoms with Crippen LogP contribution in [0.2, 0.25) is 0 Å². The minimum atomic E-state index is 0.425. The van der Waals surface area contributed by atoms with Crippen LogP contribution in [0.5, 0.6) is 0 Å². The number of alkyl halides is 1. The molecule has 1 saturated carbocycles. The molecule has 0 aromatic heterocycles. The quantitative estimate of drug-likeness (QED) is 0.464. The fraction of sp³-hybridized carbons (Fsp3) is 1.00. The van der Waals surface area contributed by atoms with E-state index >= 15 is 0 Å². The highest BCUT2D eigenvalue weighted by Gasteiger charge is 2.21. The molecule has 1 aliphatic carbocycles. The molecule has 1 aliphatic rings. The second kappa shape index (κ2) is 2.04. The van der Waals surface area contributed by atoms with Gasteiger partial charge in [-0.25, -0.2) is 0 Å². The van der Waals surface area contributed by atoms with E-state index in [0.717, 1.165) is 5.92 Å². The second-order valence-corrected chi connectivity index (χ2v) is 3.06. The lowest BCUT2D eigenvalue weighted by molar-refractivity contribution is 0.312. The van der Waals surface area contributed by atoms with Crippen LogP contribution >= 0.6 is 11.6 Å².